The van der Waals surface area contributed by atoms with E-state index in [9.17, 15) is 38.4 Å². The fourth-order valence-electron chi connectivity index (χ4n) is 4.89. The van der Waals surface area contributed by atoms with Crippen molar-refractivity contribution in [1.82, 2.24) is 0 Å². The first kappa shape index (κ1) is 42.8. The Labute approximate surface area is 294 Å². The smallest absolute Gasteiger partial charge is 0.308 e. The van der Waals surface area contributed by atoms with E-state index in [2.05, 4.69) is 0 Å². The van der Waals surface area contributed by atoms with Crippen LogP contribution >= 0.6 is 0 Å². The Bertz CT molecular complexity index is 1290. The molecule has 19 nitrogen and oxygen atoms in total. The average Bonchev–Trinajstić information content (AvgIpc) is 2.99. The van der Waals surface area contributed by atoms with E-state index in [0.29, 0.717) is 0 Å². The Morgan fingerprint density at radius 1 is 0.431 bits per heavy atom. The topological polar surface area (TPSA) is 238 Å². The van der Waals surface area contributed by atoms with Gasteiger partial charge in [0.15, 0.2) is 36.6 Å². The number of hydrogen-bond acceptors (Lipinski definition) is 19. The van der Waals surface area contributed by atoms with Crippen molar-refractivity contribution >= 4 is 47.8 Å². The molecule has 2 aliphatic rings. The van der Waals surface area contributed by atoms with E-state index < -0.39 is 134 Å². The van der Waals surface area contributed by atoms with E-state index in [1.807, 2.05) is 0 Å². The van der Waals surface area contributed by atoms with Crippen LogP contribution in [0.25, 0.3) is 0 Å². The molecule has 0 N–H and O–H groups in total. The molecular formula is C32H46O19. The van der Waals surface area contributed by atoms with Gasteiger partial charge in [0, 0.05) is 41.5 Å². The Balaban J connectivity index is 2.79. The molecule has 288 valence electrons. The number of rotatable bonds is 14. The molecule has 0 bridgehead atoms. The molecule has 2 saturated heterocycles. The lowest BCUT2D eigenvalue weighted by Gasteiger charge is -2.48. The fraction of sp³-hybridized carbons (Fsp3) is 0.750. The summed E-state index contributed by atoms with van der Waals surface area (Å²) >= 11 is 0. The van der Waals surface area contributed by atoms with Crippen LogP contribution in [0.4, 0.5) is 0 Å². The van der Waals surface area contributed by atoms with Crippen LogP contribution in [0, 0.1) is 11.8 Å². The molecule has 0 radical (unpaired) electrons. The zero-order valence-corrected chi connectivity index (χ0v) is 30.1. The van der Waals surface area contributed by atoms with Gasteiger partial charge >= 0.3 is 47.8 Å². The minimum atomic E-state index is -1.86. The molecule has 0 spiro atoms. The summed E-state index contributed by atoms with van der Waals surface area (Å²) in [5, 5.41) is 0. The molecule has 0 saturated carbocycles. The van der Waals surface area contributed by atoms with Crippen molar-refractivity contribution in [3.05, 3.63) is 0 Å². The van der Waals surface area contributed by atoms with Crippen molar-refractivity contribution in [3.8, 4) is 0 Å². The summed E-state index contributed by atoms with van der Waals surface area (Å²) in [6.07, 6.45) is -16.4. The van der Waals surface area contributed by atoms with Crippen molar-refractivity contribution in [2.75, 3.05) is 13.2 Å². The Morgan fingerprint density at radius 3 is 1.06 bits per heavy atom. The van der Waals surface area contributed by atoms with Gasteiger partial charge in [-0.25, -0.2) is 0 Å². The van der Waals surface area contributed by atoms with Crippen LogP contribution in [0.15, 0.2) is 0 Å². The summed E-state index contributed by atoms with van der Waals surface area (Å²) < 4.78 is 61.6. The van der Waals surface area contributed by atoms with Gasteiger partial charge in [-0.3, -0.25) is 38.4 Å². The Kier molecular flexibility index (Phi) is 16.2. The molecule has 0 amide bonds. The van der Waals surface area contributed by atoms with Crippen LogP contribution in [0.3, 0.4) is 0 Å². The fourth-order valence-corrected chi connectivity index (χ4v) is 4.89. The maximum atomic E-state index is 13.1. The Morgan fingerprint density at radius 2 is 0.725 bits per heavy atom. The molecule has 10 atom stereocenters. The third-order valence-electron chi connectivity index (χ3n) is 7.01. The Hall–Kier alpha value is -4.36. The highest BCUT2D eigenvalue weighted by Gasteiger charge is 2.58. The van der Waals surface area contributed by atoms with Gasteiger partial charge in [-0.15, -0.1) is 0 Å². The highest BCUT2D eigenvalue weighted by Crippen LogP contribution is 2.35. The number of carbonyl (C=O) groups excluding carboxylic acids is 8. The van der Waals surface area contributed by atoms with Gasteiger partial charge in [0.25, 0.3) is 0 Å². The lowest BCUT2D eigenvalue weighted by atomic mass is 9.96. The zero-order chi connectivity index (χ0) is 38.7. The van der Waals surface area contributed by atoms with Crippen molar-refractivity contribution < 1.29 is 90.5 Å². The summed E-state index contributed by atoms with van der Waals surface area (Å²) in [7, 11) is 0. The van der Waals surface area contributed by atoms with Gasteiger partial charge in [-0.2, -0.15) is 0 Å². The summed E-state index contributed by atoms with van der Waals surface area (Å²) in [6, 6.07) is 0. The molecule has 19 heteroatoms. The predicted molar refractivity (Wildman–Crippen MR) is 163 cm³/mol. The molecule has 0 aromatic rings. The second-order valence-electron chi connectivity index (χ2n) is 12.2. The van der Waals surface area contributed by atoms with Crippen molar-refractivity contribution in [2.45, 2.75) is 131 Å². The van der Waals surface area contributed by atoms with Crippen LogP contribution < -0.4 is 0 Å². The average molecular weight is 735 g/mol. The molecule has 2 rings (SSSR count). The summed E-state index contributed by atoms with van der Waals surface area (Å²) in [5.74, 6) is -8.27. The molecule has 51 heavy (non-hydrogen) atoms. The predicted octanol–water partition coefficient (Wildman–Crippen LogP) is 0.441. The standard InChI is InChI=1S/C32H46O19/c1-13(2)29(39)49-26-24(44-18(8)36)22(12-42-16(6)34)48-32(28(26)50-30(40)14(3)4)51-31-27(46-20(10)38)25(45-19(9)37)23(43-17(7)35)21(47-31)11-41-15(5)33/h13-14,21-28,31-32H,11-12H2,1-10H3/t21-,22-,23-,24-,25+,26+,27-,28-,31-,32-/m1/s1. The SMILES string of the molecule is CC(=O)OC[C@H]1O[C@H](O[C@H]2O[C@H](COC(C)=O)[C@@H](OC(C)=O)[C@H](OC(=O)C(C)C)[C@H]2OC(=O)C(C)C)[C@H](OC(C)=O)[C@@H](OC(C)=O)[C@@H]1OC(C)=O. The number of hydrogen-bond donors (Lipinski definition) is 0. The van der Waals surface area contributed by atoms with Crippen LogP contribution in [-0.4, -0.2) is 122 Å². The molecule has 0 unspecified atom stereocenters. The molecule has 0 aliphatic carbocycles. The van der Waals surface area contributed by atoms with E-state index in [0.717, 1.165) is 41.5 Å². The van der Waals surface area contributed by atoms with E-state index in [4.69, 9.17) is 52.1 Å². The van der Waals surface area contributed by atoms with Gasteiger partial charge < -0.3 is 52.1 Å². The third-order valence-corrected chi connectivity index (χ3v) is 7.01. The number of esters is 8. The van der Waals surface area contributed by atoms with Crippen LogP contribution in [0.1, 0.15) is 69.2 Å². The first-order valence-electron chi connectivity index (χ1n) is 16.0. The first-order chi connectivity index (χ1) is 23.7. The first-order valence-corrected chi connectivity index (χ1v) is 16.0. The quantitative estimate of drug-likeness (QED) is 0.174. The maximum absolute atomic E-state index is 13.1. The minimum Gasteiger partial charge on any atom is -0.463 e. The van der Waals surface area contributed by atoms with E-state index >= 15 is 0 Å². The summed E-state index contributed by atoms with van der Waals surface area (Å²) in [6.45, 7) is 11.2. The highest BCUT2D eigenvalue weighted by molar-refractivity contribution is 5.73. The lowest BCUT2D eigenvalue weighted by Crippen LogP contribution is -2.67. The molecule has 2 aliphatic heterocycles. The maximum Gasteiger partial charge on any atom is 0.308 e. The van der Waals surface area contributed by atoms with Crippen LogP contribution in [-0.2, 0) is 90.5 Å². The van der Waals surface area contributed by atoms with E-state index in [1.165, 1.54) is 27.7 Å². The van der Waals surface area contributed by atoms with Gasteiger partial charge in [-0.1, -0.05) is 27.7 Å². The van der Waals surface area contributed by atoms with Crippen molar-refractivity contribution in [2.24, 2.45) is 11.8 Å². The normalized spacial score (nSPS) is 28.9. The number of ether oxygens (including phenoxy) is 11. The van der Waals surface area contributed by atoms with E-state index in [1.54, 1.807) is 0 Å². The summed E-state index contributed by atoms with van der Waals surface area (Å²) in [5.41, 5.74) is 0. The highest BCUT2D eigenvalue weighted by atomic mass is 16.8. The van der Waals surface area contributed by atoms with Gasteiger partial charge in [-0.05, 0) is 0 Å². The molecule has 0 aromatic carbocycles. The van der Waals surface area contributed by atoms with Crippen LogP contribution in [0.2, 0.25) is 0 Å². The molecular weight excluding hydrogens is 688 g/mol. The van der Waals surface area contributed by atoms with Crippen molar-refractivity contribution in [3.63, 3.8) is 0 Å². The van der Waals surface area contributed by atoms with Gasteiger partial charge in [0.1, 0.15) is 25.4 Å². The lowest BCUT2D eigenvalue weighted by molar-refractivity contribution is -0.378. The largest absolute Gasteiger partial charge is 0.463 e. The second-order valence-corrected chi connectivity index (χ2v) is 12.2. The monoisotopic (exact) mass is 734 g/mol. The second kappa shape index (κ2) is 19.3. The van der Waals surface area contributed by atoms with Crippen LogP contribution in [0.5, 0.6) is 0 Å². The minimum absolute atomic E-state index is 0.590. The summed E-state index contributed by atoms with van der Waals surface area (Å²) in [4.78, 5) is 98.7. The van der Waals surface area contributed by atoms with Gasteiger partial charge in [0.2, 0.25) is 12.6 Å². The molecule has 2 fully saturated rings. The van der Waals surface area contributed by atoms with Gasteiger partial charge in [0.05, 0.1) is 11.8 Å². The number of carbonyl (C=O) groups is 8. The third kappa shape index (κ3) is 13.0. The van der Waals surface area contributed by atoms with E-state index in [-0.39, 0.29) is 0 Å². The molecule has 0 aromatic heterocycles. The zero-order valence-electron chi connectivity index (χ0n) is 30.1. The molecule has 2 heterocycles. The van der Waals surface area contributed by atoms with Crippen molar-refractivity contribution in [1.29, 1.82) is 0 Å².